The van der Waals surface area contributed by atoms with Crippen molar-refractivity contribution in [3.05, 3.63) is 35.4 Å². The lowest BCUT2D eigenvalue weighted by molar-refractivity contribution is -0.138. The smallest absolute Gasteiger partial charge is 0.223 e. The predicted molar refractivity (Wildman–Crippen MR) is 76.1 cm³/mol. The van der Waals surface area contributed by atoms with Crippen LogP contribution in [-0.2, 0) is 16.0 Å². The molecule has 1 aliphatic heterocycles. The Bertz CT molecular complexity index is 490. The van der Waals surface area contributed by atoms with Crippen LogP contribution in [0.25, 0.3) is 0 Å². The van der Waals surface area contributed by atoms with E-state index in [0.717, 1.165) is 18.4 Å². The fourth-order valence-corrected chi connectivity index (χ4v) is 2.35. The average molecular weight is 272 g/mol. The zero-order chi connectivity index (χ0) is 14.4. The van der Waals surface area contributed by atoms with E-state index in [0.29, 0.717) is 31.7 Å². The number of benzene rings is 1. The SMILES string of the molecule is CC[C@H]1CN(C(=O)CCc2ccc(C#N)cc2)CCO1. The van der Waals surface area contributed by atoms with Gasteiger partial charge < -0.3 is 9.64 Å². The molecule has 20 heavy (non-hydrogen) atoms. The zero-order valence-electron chi connectivity index (χ0n) is 11.8. The third-order valence-electron chi connectivity index (χ3n) is 3.66. The summed E-state index contributed by atoms with van der Waals surface area (Å²) in [5.41, 5.74) is 1.75. The van der Waals surface area contributed by atoms with E-state index in [1.807, 2.05) is 17.0 Å². The Morgan fingerprint density at radius 3 is 2.85 bits per heavy atom. The molecule has 0 aromatic heterocycles. The van der Waals surface area contributed by atoms with Crippen molar-refractivity contribution >= 4 is 5.91 Å². The molecular formula is C16H20N2O2. The molecule has 1 aromatic carbocycles. The van der Waals surface area contributed by atoms with Gasteiger partial charge in [0.15, 0.2) is 0 Å². The highest BCUT2D eigenvalue weighted by atomic mass is 16.5. The van der Waals surface area contributed by atoms with Crippen LogP contribution in [0.1, 0.15) is 30.9 Å². The summed E-state index contributed by atoms with van der Waals surface area (Å²) < 4.78 is 5.57. The van der Waals surface area contributed by atoms with E-state index in [2.05, 4.69) is 13.0 Å². The van der Waals surface area contributed by atoms with Gasteiger partial charge in [-0.25, -0.2) is 0 Å². The molecule has 0 N–H and O–H groups in total. The predicted octanol–water partition coefficient (Wildman–Crippen LogP) is 2.13. The van der Waals surface area contributed by atoms with E-state index in [-0.39, 0.29) is 12.0 Å². The highest BCUT2D eigenvalue weighted by Crippen LogP contribution is 2.12. The summed E-state index contributed by atoms with van der Waals surface area (Å²) in [5, 5.41) is 8.74. The molecule has 0 radical (unpaired) electrons. The van der Waals surface area contributed by atoms with Crippen LogP contribution in [0, 0.1) is 11.3 Å². The standard InChI is InChI=1S/C16H20N2O2/c1-2-15-12-18(9-10-20-15)16(19)8-7-13-3-5-14(11-17)6-4-13/h3-6,15H,2,7-10,12H2,1H3/t15-/m0/s1. The van der Waals surface area contributed by atoms with Gasteiger partial charge in [-0.15, -0.1) is 0 Å². The maximum Gasteiger partial charge on any atom is 0.223 e. The number of hydrogen-bond acceptors (Lipinski definition) is 3. The quantitative estimate of drug-likeness (QED) is 0.843. The fourth-order valence-electron chi connectivity index (χ4n) is 2.35. The summed E-state index contributed by atoms with van der Waals surface area (Å²) in [7, 11) is 0. The molecule has 4 heteroatoms. The number of ether oxygens (including phenoxy) is 1. The summed E-state index contributed by atoms with van der Waals surface area (Å²) in [5.74, 6) is 0.191. The van der Waals surface area contributed by atoms with Crippen LogP contribution in [0.5, 0.6) is 0 Å². The molecule has 1 fully saturated rings. The summed E-state index contributed by atoms with van der Waals surface area (Å²) in [6, 6.07) is 9.51. The number of aryl methyl sites for hydroxylation is 1. The van der Waals surface area contributed by atoms with Crippen LogP contribution in [0.4, 0.5) is 0 Å². The largest absolute Gasteiger partial charge is 0.375 e. The molecule has 0 spiro atoms. The number of amides is 1. The average Bonchev–Trinajstić information content (AvgIpc) is 2.53. The van der Waals surface area contributed by atoms with Crippen molar-refractivity contribution in [1.82, 2.24) is 4.90 Å². The van der Waals surface area contributed by atoms with Gasteiger partial charge in [-0.2, -0.15) is 5.26 Å². The molecule has 1 aromatic rings. The Labute approximate surface area is 120 Å². The van der Waals surface area contributed by atoms with Gasteiger partial charge >= 0.3 is 0 Å². The van der Waals surface area contributed by atoms with Gasteiger partial charge in [-0.1, -0.05) is 19.1 Å². The number of nitrogens with zero attached hydrogens (tertiary/aromatic N) is 2. The number of carbonyl (C=O) groups excluding carboxylic acids is 1. The lowest BCUT2D eigenvalue weighted by Crippen LogP contribution is -2.45. The molecule has 0 saturated carbocycles. The Balaban J connectivity index is 1.83. The summed E-state index contributed by atoms with van der Waals surface area (Å²) in [4.78, 5) is 14.1. The van der Waals surface area contributed by atoms with Crippen molar-refractivity contribution < 1.29 is 9.53 Å². The van der Waals surface area contributed by atoms with E-state index < -0.39 is 0 Å². The van der Waals surface area contributed by atoms with Crippen LogP contribution in [0.3, 0.4) is 0 Å². The minimum Gasteiger partial charge on any atom is -0.375 e. The molecule has 0 bridgehead atoms. The van der Waals surface area contributed by atoms with E-state index in [9.17, 15) is 4.79 Å². The maximum absolute atomic E-state index is 12.2. The van der Waals surface area contributed by atoms with Crippen molar-refractivity contribution in [1.29, 1.82) is 5.26 Å². The van der Waals surface area contributed by atoms with Gasteiger partial charge in [-0.3, -0.25) is 4.79 Å². The number of nitriles is 1. The van der Waals surface area contributed by atoms with Crippen LogP contribution >= 0.6 is 0 Å². The molecule has 1 heterocycles. The second-order valence-corrected chi connectivity index (χ2v) is 5.05. The maximum atomic E-state index is 12.2. The van der Waals surface area contributed by atoms with Crippen LogP contribution in [-0.4, -0.2) is 36.6 Å². The molecule has 0 aliphatic carbocycles. The fraction of sp³-hybridized carbons (Fsp3) is 0.500. The molecular weight excluding hydrogens is 252 g/mol. The topological polar surface area (TPSA) is 53.3 Å². The van der Waals surface area contributed by atoms with Gasteiger partial charge in [0.2, 0.25) is 5.91 Å². The lowest BCUT2D eigenvalue weighted by Gasteiger charge is -2.32. The summed E-state index contributed by atoms with van der Waals surface area (Å²) in [6.07, 6.45) is 2.36. The Morgan fingerprint density at radius 1 is 1.45 bits per heavy atom. The van der Waals surface area contributed by atoms with Gasteiger partial charge in [0, 0.05) is 19.5 Å². The second kappa shape index (κ2) is 7.06. The van der Waals surface area contributed by atoms with Crippen molar-refractivity contribution in [3.8, 4) is 6.07 Å². The minimum atomic E-state index is 0.183. The van der Waals surface area contributed by atoms with Gasteiger partial charge in [-0.05, 0) is 30.5 Å². The molecule has 1 aliphatic rings. The number of carbonyl (C=O) groups is 1. The molecule has 0 unspecified atom stereocenters. The van der Waals surface area contributed by atoms with Crippen molar-refractivity contribution in [3.63, 3.8) is 0 Å². The molecule has 1 amide bonds. The highest BCUT2D eigenvalue weighted by Gasteiger charge is 2.22. The summed E-state index contributed by atoms with van der Waals surface area (Å²) >= 11 is 0. The molecule has 2 rings (SSSR count). The molecule has 1 saturated heterocycles. The molecule has 1 atom stereocenters. The second-order valence-electron chi connectivity index (χ2n) is 5.05. The van der Waals surface area contributed by atoms with Crippen molar-refractivity contribution in [2.24, 2.45) is 0 Å². The summed E-state index contributed by atoms with van der Waals surface area (Å²) in [6.45, 7) is 4.13. The van der Waals surface area contributed by atoms with Gasteiger partial charge in [0.05, 0.1) is 24.3 Å². The zero-order valence-corrected chi connectivity index (χ0v) is 11.8. The highest BCUT2D eigenvalue weighted by molar-refractivity contribution is 5.76. The molecule has 4 nitrogen and oxygen atoms in total. The number of rotatable bonds is 4. The Hall–Kier alpha value is -1.86. The monoisotopic (exact) mass is 272 g/mol. The molecule has 106 valence electrons. The van der Waals surface area contributed by atoms with E-state index >= 15 is 0 Å². The lowest BCUT2D eigenvalue weighted by atomic mass is 10.1. The van der Waals surface area contributed by atoms with Gasteiger partial charge in [0.25, 0.3) is 0 Å². The number of hydrogen-bond donors (Lipinski definition) is 0. The first-order chi connectivity index (χ1) is 9.72. The van der Waals surface area contributed by atoms with Crippen LogP contribution < -0.4 is 0 Å². The first-order valence-corrected chi connectivity index (χ1v) is 7.11. The van der Waals surface area contributed by atoms with Crippen LogP contribution in [0.2, 0.25) is 0 Å². The third-order valence-corrected chi connectivity index (χ3v) is 3.66. The van der Waals surface area contributed by atoms with E-state index in [1.54, 1.807) is 12.1 Å². The van der Waals surface area contributed by atoms with E-state index in [1.165, 1.54) is 0 Å². The Kier molecular flexibility index (Phi) is 5.14. The van der Waals surface area contributed by atoms with E-state index in [4.69, 9.17) is 10.00 Å². The van der Waals surface area contributed by atoms with Gasteiger partial charge in [0.1, 0.15) is 0 Å². The first-order valence-electron chi connectivity index (χ1n) is 7.11. The van der Waals surface area contributed by atoms with Crippen molar-refractivity contribution in [2.75, 3.05) is 19.7 Å². The minimum absolute atomic E-state index is 0.183. The number of morpholine rings is 1. The first kappa shape index (κ1) is 14.5. The third kappa shape index (κ3) is 3.82. The van der Waals surface area contributed by atoms with Crippen molar-refractivity contribution in [2.45, 2.75) is 32.3 Å². The normalized spacial score (nSPS) is 18.6. The Morgan fingerprint density at radius 2 is 2.20 bits per heavy atom. The van der Waals surface area contributed by atoms with Crippen LogP contribution in [0.15, 0.2) is 24.3 Å².